The van der Waals surface area contributed by atoms with Gasteiger partial charge in [0.05, 0.1) is 12.3 Å². The highest BCUT2D eigenvalue weighted by Crippen LogP contribution is 2.31. The highest BCUT2D eigenvalue weighted by atomic mass is 19.1. The lowest BCUT2D eigenvalue weighted by Gasteiger charge is -2.23. The van der Waals surface area contributed by atoms with Crippen molar-refractivity contribution in [1.82, 2.24) is 5.06 Å². The summed E-state index contributed by atoms with van der Waals surface area (Å²) in [5.74, 6) is 0.200. The van der Waals surface area contributed by atoms with Gasteiger partial charge in [-0.15, -0.1) is 0 Å². The van der Waals surface area contributed by atoms with Crippen molar-refractivity contribution >= 4 is 11.7 Å². The van der Waals surface area contributed by atoms with Crippen LogP contribution in [0.15, 0.2) is 29.4 Å². The minimum absolute atomic E-state index is 0.0235. The number of oxime groups is 1. The van der Waals surface area contributed by atoms with Gasteiger partial charge in [-0.3, -0.25) is 5.21 Å². The first-order valence-electron chi connectivity index (χ1n) is 7.25. The van der Waals surface area contributed by atoms with Gasteiger partial charge in [-0.05, 0) is 49.3 Å². The molecule has 6 nitrogen and oxygen atoms in total. The number of hydrogen-bond donors (Lipinski definition) is 2. The highest BCUT2D eigenvalue weighted by molar-refractivity contribution is 5.84. The number of hydroxylamine groups is 2. The summed E-state index contributed by atoms with van der Waals surface area (Å²) in [4.78, 5) is 15.6. The number of rotatable bonds is 5. The first kappa shape index (κ1) is 16.2. The zero-order valence-corrected chi connectivity index (χ0v) is 12.2. The molecule has 0 heterocycles. The summed E-state index contributed by atoms with van der Waals surface area (Å²) in [6.45, 7) is 0.0641. The molecule has 0 unspecified atom stereocenters. The second-order valence-electron chi connectivity index (χ2n) is 5.28. The Bertz CT molecular complexity index is 523. The van der Waals surface area contributed by atoms with Crippen LogP contribution in [0.5, 0.6) is 0 Å². The number of carbonyl (C=O) groups excluding carboxylic acids is 1. The number of hydrogen-bond acceptors (Lipinski definition) is 4. The molecule has 3 N–H and O–H groups in total. The second kappa shape index (κ2) is 7.74. The van der Waals surface area contributed by atoms with E-state index in [2.05, 4.69) is 5.16 Å². The molecule has 22 heavy (non-hydrogen) atoms. The average Bonchev–Trinajstić information content (AvgIpc) is 2.52. The van der Waals surface area contributed by atoms with Crippen LogP contribution in [0, 0.1) is 5.82 Å². The topological polar surface area (TPSA) is 88.2 Å². The van der Waals surface area contributed by atoms with E-state index in [1.54, 1.807) is 0 Å². The quantitative estimate of drug-likeness (QED) is 0.498. The molecule has 1 saturated carbocycles. The van der Waals surface area contributed by atoms with E-state index in [0.29, 0.717) is 11.0 Å². The van der Waals surface area contributed by atoms with Gasteiger partial charge in [0.15, 0.2) is 0 Å². The molecule has 2 amide bonds. The number of amides is 2. The smallest absolute Gasteiger partial charge is 0.338 e. The third-order valence-electron chi connectivity index (χ3n) is 3.75. The van der Waals surface area contributed by atoms with Gasteiger partial charge in [0.2, 0.25) is 0 Å². The van der Waals surface area contributed by atoms with Crippen LogP contribution in [0.1, 0.15) is 37.2 Å². The van der Waals surface area contributed by atoms with E-state index in [4.69, 9.17) is 15.8 Å². The van der Waals surface area contributed by atoms with Gasteiger partial charge in [-0.25, -0.2) is 14.2 Å². The Morgan fingerprint density at radius 1 is 1.36 bits per heavy atom. The Labute approximate surface area is 128 Å². The van der Waals surface area contributed by atoms with Gasteiger partial charge in [0, 0.05) is 0 Å². The molecular formula is C15H20FN3O3. The van der Waals surface area contributed by atoms with Crippen molar-refractivity contribution in [2.75, 3.05) is 13.2 Å². The van der Waals surface area contributed by atoms with E-state index in [0.717, 1.165) is 37.0 Å². The molecule has 0 atom stereocenters. The van der Waals surface area contributed by atoms with E-state index in [1.807, 2.05) is 12.1 Å². The van der Waals surface area contributed by atoms with Gasteiger partial charge in [-0.2, -0.15) is 0 Å². The summed E-state index contributed by atoms with van der Waals surface area (Å²) in [6.07, 6.45) is 3.53. The molecule has 1 aliphatic rings. The van der Waals surface area contributed by atoms with E-state index < -0.39 is 6.03 Å². The number of nitrogens with two attached hydrogens (primary N) is 1. The summed E-state index contributed by atoms with van der Waals surface area (Å²) in [6, 6.07) is 5.72. The Hall–Kier alpha value is -2.15. The van der Waals surface area contributed by atoms with Crippen LogP contribution in [0.25, 0.3) is 0 Å². The molecule has 0 aromatic heterocycles. The maximum Gasteiger partial charge on any atom is 0.338 e. The number of urea groups is 1. The monoisotopic (exact) mass is 309 g/mol. The number of primary amides is 1. The fourth-order valence-corrected chi connectivity index (χ4v) is 2.49. The van der Waals surface area contributed by atoms with Crippen LogP contribution in [0.4, 0.5) is 9.18 Å². The maximum absolute atomic E-state index is 12.9. The molecule has 1 aromatic rings. The standard InChI is InChI=1S/C15H20FN3O3/c16-13-5-1-11(2-6-13)12-3-7-14(8-4-12)18-22-10-9-19(21)15(17)20/h1-2,5-6,12,21H,3-4,7-10H2,(H2,17,20). The van der Waals surface area contributed by atoms with Gasteiger partial charge >= 0.3 is 6.03 Å². The first-order valence-corrected chi connectivity index (χ1v) is 7.25. The maximum atomic E-state index is 12.9. The fraction of sp³-hybridized carbons (Fsp3) is 0.467. The van der Waals surface area contributed by atoms with E-state index >= 15 is 0 Å². The fourth-order valence-electron chi connectivity index (χ4n) is 2.49. The lowest BCUT2D eigenvalue weighted by Crippen LogP contribution is -2.35. The van der Waals surface area contributed by atoms with Gasteiger partial charge < -0.3 is 10.6 Å². The molecule has 0 bridgehead atoms. The predicted molar refractivity (Wildman–Crippen MR) is 79.1 cm³/mol. The summed E-state index contributed by atoms with van der Waals surface area (Å²) in [5, 5.41) is 13.5. The third kappa shape index (κ3) is 4.70. The lowest BCUT2D eigenvalue weighted by molar-refractivity contribution is -0.0562. The Morgan fingerprint density at radius 2 is 2.00 bits per heavy atom. The molecule has 120 valence electrons. The Kier molecular flexibility index (Phi) is 5.71. The molecule has 0 aliphatic heterocycles. The van der Waals surface area contributed by atoms with Crippen molar-refractivity contribution in [3.63, 3.8) is 0 Å². The zero-order chi connectivity index (χ0) is 15.9. The number of benzene rings is 1. The summed E-state index contributed by atoms with van der Waals surface area (Å²) >= 11 is 0. The Balaban J connectivity index is 1.73. The zero-order valence-electron chi connectivity index (χ0n) is 12.2. The second-order valence-corrected chi connectivity index (χ2v) is 5.28. The number of halogens is 1. The number of carbonyl (C=O) groups is 1. The van der Waals surface area contributed by atoms with Crippen LogP contribution in [-0.2, 0) is 4.84 Å². The van der Waals surface area contributed by atoms with Crippen LogP contribution < -0.4 is 5.73 Å². The molecule has 7 heteroatoms. The van der Waals surface area contributed by atoms with E-state index in [1.165, 1.54) is 12.1 Å². The van der Waals surface area contributed by atoms with Gasteiger partial charge in [0.1, 0.15) is 12.4 Å². The minimum Gasteiger partial charge on any atom is -0.394 e. The molecule has 1 fully saturated rings. The van der Waals surface area contributed by atoms with Gasteiger partial charge in [0.25, 0.3) is 0 Å². The SMILES string of the molecule is NC(=O)N(O)CCON=C1CCC(c2ccc(F)cc2)CC1. The molecule has 1 aromatic carbocycles. The first-order chi connectivity index (χ1) is 10.6. The van der Waals surface area contributed by atoms with Crippen LogP contribution in [0.2, 0.25) is 0 Å². The largest absolute Gasteiger partial charge is 0.394 e. The highest BCUT2D eigenvalue weighted by Gasteiger charge is 2.19. The van der Waals surface area contributed by atoms with Crippen LogP contribution >= 0.6 is 0 Å². The molecule has 2 rings (SSSR count). The molecule has 0 saturated heterocycles. The summed E-state index contributed by atoms with van der Waals surface area (Å²) in [7, 11) is 0. The molecule has 0 radical (unpaired) electrons. The van der Waals surface area contributed by atoms with Crippen molar-refractivity contribution in [3.05, 3.63) is 35.6 Å². The average molecular weight is 309 g/mol. The van der Waals surface area contributed by atoms with E-state index in [-0.39, 0.29) is 19.0 Å². The van der Waals surface area contributed by atoms with Crippen LogP contribution in [0.3, 0.4) is 0 Å². The van der Waals surface area contributed by atoms with E-state index in [9.17, 15) is 9.18 Å². The van der Waals surface area contributed by atoms with Crippen molar-refractivity contribution in [1.29, 1.82) is 0 Å². The lowest BCUT2D eigenvalue weighted by atomic mass is 9.83. The van der Waals surface area contributed by atoms with Crippen molar-refractivity contribution in [3.8, 4) is 0 Å². The summed E-state index contributed by atoms with van der Waals surface area (Å²) in [5.41, 5.74) is 6.97. The minimum atomic E-state index is -0.920. The Morgan fingerprint density at radius 3 is 2.59 bits per heavy atom. The van der Waals surface area contributed by atoms with Crippen LogP contribution in [-0.4, -0.2) is 35.2 Å². The predicted octanol–water partition coefficient (Wildman–Crippen LogP) is 2.63. The van der Waals surface area contributed by atoms with Crippen molar-refractivity contribution in [2.24, 2.45) is 10.9 Å². The third-order valence-corrected chi connectivity index (χ3v) is 3.75. The molecular weight excluding hydrogens is 289 g/mol. The van der Waals surface area contributed by atoms with Crippen molar-refractivity contribution < 1.29 is 19.2 Å². The van der Waals surface area contributed by atoms with Crippen molar-refractivity contribution in [2.45, 2.75) is 31.6 Å². The normalized spacial score (nSPS) is 17.9. The summed E-state index contributed by atoms with van der Waals surface area (Å²) < 4.78 is 12.9. The van der Waals surface area contributed by atoms with Gasteiger partial charge in [-0.1, -0.05) is 17.3 Å². The number of nitrogens with zero attached hydrogens (tertiary/aromatic N) is 2. The molecule has 1 aliphatic carbocycles. The molecule has 0 spiro atoms.